The van der Waals surface area contributed by atoms with Gasteiger partial charge in [-0.25, -0.2) is 0 Å². The van der Waals surface area contributed by atoms with Gasteiger partial charge in [-0.05, 0) is 30.7 Å². The summed E-state index contributed by atoms with van der Waals surface area (Å²) < 4.78 is 5.50. The van der Waals surface area contributed by atoms with Crippen LogP contribution in [0.15, 0.2) is 36.6 Å². The minimum Gasteiger partial charge on any atom is -0.508 e. The zero-order valence-corrected chi connectivity index (χ0v) is 7.53. The smallest absolute Gasteiger partial charge is 0.134 e. The second kappa shape index (κ2) is 2.80. The average molecular weight is 176 g/mol. The summed E-state index contributed by atoms with van der Waals surface area (Å²) in [5.41, 5.74) is 0.851. The predicted octanol–water partition coefficient (Wildman–Crippen LogP) is 2.54. The maximum Gasteiger partial charge on any atom is 0.134 e. The zero-order chi connectivity index (χ0) is 9.31. The van der Waals surface area contributed by atoms with Crippen molar-refractivity contribution in [3.63, 3.8) is 0 Å². The van der Waals surface area contributed by atoms with Crippen LogP contribution in [-0.2, 0) is 10.3 Å². The van der Waals surface area contributed by atoms with Gasteiger partial charge in [0.1, 0.15) is 11.4 Å². The van der Waals surface area contributed by atoms with Gasteiger partial charge in [0.2, 0.25) is 0 Å². The van der Waals surface area contributed by atoms with Crippen LogP contribution in [0.3, 0.4) is 0 Å². The lowest BCUT2D eigenvalue weighted by molar-refractivity contribution is 0.0609. The van der Waals surface area contributed by atoms with Crippen molar-refractivity contribution >= 4 is 0 Å². The maximum atomic E-state index is 9.13. The predicted molar refractivity (Wildman–Crippen MR) is 50.3 cm³/mol. The van der Waals surface area contributed by atoms with Crippen LogP contribution in [-0.4, -0.2) is 5.11 Å². The molecule has 1 aliphatic rings. The second-order valence-corrected chi connectivity index (χ2v) is 3.47. The Labute approximate surface area is 77.5 Å². The van der Waals surface area contributed by atoms with E-state index in [2.05, 4.69) is 0 Å². The summed E-state index contributed by atoms with van der Waals surface area (Å²) in [6, 6.07) is 7.15. The monoisotopic (exact) mass is 176 g/mol. The molecule has 0 radical (unpaired) electrons. The molecule has 0 fully saturated rings. The van der Waals surface area contributed by atoms with Gasteiger partial charge in [-0.15, -0.1) is 0 Å². The van der Waals surface area contributed by atoms with Crippen LogP contribution in [0.5, 0.6) is 5.75 Å². The summed E-state index contributed by atoms with van der Waals surface area (Å²) in [6.07, 6.45) is 4.62. The summed E-state index contributed by atoms with van der Waals surface area (Å²) >= 11 is 0. The van der Waals surface area contributed by atoms with Crippen molar-refractivity contribution < 1.29 is 9.84 Å². The Morgan fingerprint density at radius 3 is 2.54 bits per heavy atom. The van der Waals surface area contributed by atoms with Crippen molar-refractivity contribution in [1.82, 2.24) is 0 Å². The van der Waals surface area contributed by atoms with Gasteiger partial charge in [-0.1, -0.05) is 12.1 Å². The molecule has 0 aliphatic carbocycles. The molecule has 2 rings (SSSR count). The Bertz CT molecular complexity index is 316. The Morgan fingerprint density at radius 2 is 2.00 bits per heavy atom. The molecule has 1 atom stereocenters. The summed E-state index contributed by atoms with van der Waals surface area (Å²) in [5.74, 6) is 0.290. The Kier molecular flexibility index (Phi) is 1.76. The van der Waals surface area contributed by atoms with Crippen LogP contribution < -0.4 is 0 Å². The van der Waals surface area contributed by atoms with E-state index in [0.717, 1.165) is 12.0 Å². The van der Waals surface area contributed by atoms with Gasteiger partial charge in [0.15, 0.2) is 0 Å². The molecule has 0 saturated carbocycles. The molecule has 1 unspecified atom stereocenters. The number of phenolic OH excluding ortho intramolecular Hbond substituents is 1. The minimum absolute atomic E-state index is 0.242. The molecule has 0 amide bonds. The van der Waals surface area contributed by atoms with E-state index in [1.807, 2.05) is 25.1 Å². The molecular weight excluding hydrogens is 164 g/mol. The minimum atomic E-state index is -0.242. The molecule has 0 saturated heterocycles. The van der Waals surface area contributed by atoms with Crippen LogP contribution in [0.2, 0.25) is 0 Å². The van der Waals surface area contributed by atoms with Crippen LogP contribution >= 0.6 is 0 Å². The SMILES string of the molecule is CC1(c2ccc(O)cc2)CC=CO1. The lowest BCUT2D eigenvalue weighted by atomic mass is 9.93. The van der Waals surface area contributed by atoms with Crippen molar-refractivity contribution in [3.05, 3.63) is 42.2 Å². The first-order valence-corrected chi connectivity index (χ1v) is 4.33. The topological polar surface area (TPSA) is 29.5 Å². The van der Waals surface area contributed by atoms with Crippen LogP contribution in [0.1, 0.15) is 18.9 Å². The van der Waals surface area contributed by atoms with Gasteiger partial charge < -0.3 is 9.84 Å². The third-order valence-electron chi connectivity index (χ3n) is 2.41. The van der Waals surface area contributed by atoms with Crippen LogP contribution in [0.25, 0.3) is 0 Å². The fraction of sp³-hybridized carbons (Fsp3) is 0.273. The molecule has 68 valence electrons. The first kappa shape index (κ1) is 8.17. The van der Waals surface area contributed by atoms with Crippen molar-refractivity contribution in [2.75, 3.05) is 0 Å². The van der Waals surface area contributed by atoms with Crippen molar-refractivity contribution in [1.29, 1.82) is 0 Å². The standard InChI is InChI=1S/C11H12O2/c1-11(7-2-8-13-11)9-3-5-10(12)6-4-9/h2-6,8,12H,7H2,1H3. The van der Waals surface area contributed by atoms with Gasteiger partial charge in [-0.2, -0.15) is 0 Å². The third-order valence-corrected chi connectivity index (χ3v) is 2.41. The maximum absolute atomic E-state index is 9.13. The molecular formula is C11H12O2. The highest BCUT2D eigenvalue weighted by Crippen LogP contribution is 2.34. The lowest BCUT2D eigenvalue weighted by Gasteiger charge is -2.24. The average Bonchev–Trinajstić information content (AvgIpc) is 2.54. The third kappa shape index (κ3) is 1.39. The highest BCUT2D eigenvalue weighted by atomic mass is 16.5. The van der Waals surface area contributed by atoms with Gasteiger partial charge in [0, 0.05) is 6.42 Å². The number of benzene rings is 1. The van der Waals surface area contributed by atoms with Crippen LogP contribution in [0.4, 0.5) is 0 Å². The van der Waals surface area contributed by atoms with E-state index in [1.165, 1.54) is 0 Å². The largest absolute Gasteiger partial charge is 0.508 e. The van der Waals surface area contributed by atoms with E-state index in [-0.39, 0.29) is 5.60 Å². The van der Waals surface area contributed by atoms with Crippen molar-refractivity contribution in [3.8, 4) is 5.75 Å². The van der Waals surface area contributed by atoms with E-state index in [0.29, 0.717) is 5.75 Å². The molecule has 0 bridgehead atoms. The van der Waals surface area contributed by atoms with Gasteiger partial charge >= 0.3 is 0 Å². The fourth-order valence-electron chi connectivity index (χ4n) is 1.52. The molecule has 1 heterocycles. The van der Waals surface area contributed by atoms with E-state index < -0.39 is 0 Å². The number of phenols is 1. The van der Waals surface area contributed by atoms with Crippen molar-refractivity contribution in [2.45, 2.75) is 18.9 Å². The summed E-state index contributed by atoms with van der Waals surface area (Å²) in [7, 11) is 0. The lowest BCUT2D eigenvalue weighted by Crippen LogP contribution is -2.19. The number of hydrogen-bond acceptors (Lipinski definition) is 2. The number of hydrogen-bond donors (Lipinski definition) is 1. The first-order valence-electron chi connectivity index (χ1n) is 4.33. The second-order valence-electron chi connectivity index (χ2n) is 3.47. The van der Waals surface area contributed by atoms with E-state index in [9.17, 15) is 0 Å². The Balaban J connectivity index is 2.30. The van der Waals surface area contributed by atoms with E-state index in [4.69, 9.17) is 9.84 Å². The van der Waals surface area contributed by atoms with Gasteiger partial charge in [0.05, 0.1) is 6.26 Å². The Morgan fingerprint density at radius 1 is 1.31 bits per heavy atom. The number of ether oxygens (including phenoxy) is 1. The molecule has 1 aromatic carbocycles. The summed E-state index contributed by atoms with van der Waals surface area (Å²) in [5, 5.41) is 9.13. The van der Waals surface area contributed by atoms with Gasteiger partial charge in [0.25, 0.3) is 0 Å². The molecule has 2 nitrogen and oxygen atoms in total. The molecule has 0 aromatic heterocycles. The molecule has 1 aromatic rings. The highest BCUT2D eigenvalue weighted by Gasteiger charge is 2.29. The normalized spacial score (nSPS) is 25.9. The fourth-order valence-corrected chi connectivity index (χ4v) is 1.52. The molecule has 0 spiro atoms. The van der Waals surface area contributed by atoms with Crippen molar-refractivity contribution in [2.24, 2.45) is 0 Å². The molecule has 1 N–H and O–H groups in total. The van der Waals surface area contributed by atoms with Gasteiger partial charge in [-0.3, -0.25) is 0 Å². The summed E-state index contributed by atoms with van der Waals surface area (Å²) in [4.78, 5) is 0. The van der Waals surface area contributed by atoms with Crippen LogP contribution in [0, 0.1) is 0 Å². The number of rotatable bonds is 1. The number of aromatic hydroxyl groups is 1. The summed E-state index contributed by atoms with van der Waals surface area (Å²) in [6.45, 7) is 2.04. The van der Waals surface area contributed by atoms with E-state index in [1.54, 1.807) is 18.4 Å². The molecule has 2 heteroatoms. The molecule has 13 heavy (non-hydrogen) atoms. The quantitative estimate of drug-likeness (QED) is 0.712. The van der Waals surface area contributed by atoms with E-state index >= 15 is 0 Å². The first-order chi connectivity index (χ1) is 6.21. The Hall–Kier alpha value is -1.44. The highest BCUT2D eigenvalue weighted by molar-refractivity contribution is 5.31. The molecule has 1 aliphatic heterocycles. The zero-order valence-electron chi connectivity index (χ0n) is 7.53.